The van der Waals surface area contributed by atoms with Crippen LogP contribution >= 0.6 is 0 Å². The van der Waals surface area contributed by atoms with Crippen LogP contribution in [0.3, 0.4) is 0 Å². The van der Waals surface area contributed by atoms with Crippen LogP contribution in [0.1, 0.15) is 9.78 Å². The van der Waals surface area contributed by atoms with Crippen LogP contribution in [-0.2, 0) is 0 Å². The zero-order valence-electron chi connectivity index (χ0n) is 11.1. The van der Waals surface area contributed by atoms with Gasteiger partial charge in [0.05, 0.1) is 5.57 Å². The van der Waals surface area contributed by atoms with Crippen LogP contribution in [0.15, 0.2) is 21.6 Å². The minimum atomic E-state index is 0. The van der Waals surface area contributed by atoms with E-state index in [2.05, 4.69) is 33.2 Å². The van der Waals surface area contributed by atoms with Gasteiger partial charge in [0.1, 0.15) is 11.7 Å². The van der Waals surface area contributed by atoms with Crippen molar-refractivity contribution in [2.24, 2.45) is 21.6 Å². The zero-order valence-corrected chi connectivity index (χ0v) is 11.1. The number of nitrogens with one attached hydrogen (secondary N) is 1. The molecule has 2 rings (SSSR count). The summed E-state index contributed by atoms with van der Waals surface area (Å²) < 4.78 is 0. The van der Waals surface area contributed by atoms with Crippen molar-refractivity contribution in [3.05, 3.63) is 11.6 Å². The molecular weight excluding hydrogens is 230 g/mol. The molecule has 0 aromatic heterocycles. The third-order valence-corrected chi connectivity index (χ3v) is 3.15. The van der Waals surface area contributed by atoms with E-state index in [1.54, 1.807) is 0 Å². The molecule has 6 heteroatoms. The molecule has 5 N–H and O–H groups in total. The highest BCUT2D eigenvalue weighted by Crippen LogP contribution is 2.14. The van der Waals surface area contributed by atoms with Gasteiger partial charge in [0.2, 0.25) is 0 Å². The number of hydrogen-bond acceptors (Lipinski definition) is 4. The molecule has 2 aliphatic heterocycles. The minimum Gasteiger partial charge on any atom is -0.412 e. The molecule has 2 heterocycles. The molecule has 0 aromatic carbocycles. The van der Waals surface area contributed by atoms with E-state index in [9.17, 15) is 0 Å². The second-order valence-electron chi connectivity index (χ2n) is 4.57. The normalized spacial score (nSPS) is 25.1. The molecule has 1 unspecified atom stereocenters. The lowest BCUT2D eigenvalue weighted by molar-refractivity contribution is 0.357. The third-order valence-electron chi connectivity index (χ3n) is 3.15. The molecule has 1 saturated heterocycles. The van der Waals surface area contributed by atoms with Crippen molar-refractivity contribution >= 4 is 11.7 Å². The largest absolute Gasteiger partial charge is 0.412 e. The molecule has 0 saturated carbocycles. The standard InChI is InChI=1S/C12H21N5.H2O.2H2/c1-9-7-10(11(13)16-8-9)12(14-2)17-5-3-15-4-6-17;;;/h7,9,15H,3-6,8H2,1-2H3,(H2,13,16);1H2;2*1H. The maximum atomic E-state index is 5.98. The highest BCUT2D eigenvalue weighted by Gasteiger charge is 2.22. The molecule has 0 aliphatic carbocycles. The molecule has 1 atom stereocenters. The highest BCUT2D eigenvalue weighted by atomic mass is 16.0. The fourth-order valence-electron chi connectivity index (χ4n) is 2.25. The monoisotopic (exact) mass is 257 g/mol. The van der Waals surface area contributed by atoms with Crippen molar-refractivity contribution in [1.29, 1.82) is 0 Å². The van der Waals surface area contributed by atoms with E-state index in [1.807, 2.05) is 7.05 Å². The average molecular weight is 257 g/mol. The fraction of sp³-hybridized carbons (Fsp3) is 0.667. The lowest BCUT2D eigenvalue weighted by Crippen LogP contribution is -2.48. The predicted molar refractivity (Wildman–Crippen MR) is 79.4 cm³/mol. The van der Waals surface area contributed by atoms with Gasteiger partial charge in [-0.1, -0.05) is 13.0 Å². The number of rotatable bonds is 1. The SMILES string of the molecule is CN=C(C1=CC(C)CN=C1N)N1CCNCC1.O.[HH].[HH]. The summed E-state index contributed by atoms with van der Waals surface area (Å²) in [5, 5.41) is 3.34. The first-order valence-corrected chi connectivity index (χ1v) is 6.17. The number of amidine groups is 2. The molecule has 18 heavy (non-hydrogen) atoms. The highest BCUT2D eigenvalue weighted by molar-refractivity contribution is 6.22. The molecule has 0 radical (unpaired) electrons. The molecule has 0 spiro atoms. The molecule has 106 valence electrons. The van der Waals surface area contributed by atoms with Gasteiger partial charge in [-0.3, -0.25) is 9.98 Å². The minimum absolute atomic E-state index is 0. The molecular formula is C12H27N5O. The van der Waals surface area contributed by atoms with Crippen LogP contribution < -0.4 is 11.1 Å². The first kappa shape index (κ1) is 14.7. The van der Waals surface area contributed by atoms with E-state index in [4.69, 9.17) is 5.73 Å². The van der Waals surface area contributed by atoms with Crippen LogP contribution in [0.2, 0.25) is 0 Å². The number of hydrogen-bond donors (Lipinski definition) is 2. The maximum Gasteiger partial charge on any atom is 0.134 e. The fourth-order valence-corrected chi connectivity index (χ4v) is 2.25. The predicted octanol–water partition coefficient (Wildman–Crippen LogP) is -0.479. The number of nitrogens with two attached hydrogens (primary N) is 1. The van der Waals surface area contributed by atoms with Crippen LogP contribution in [0, 0.1) is 5.92 Å². The Morgan fingerprint density at radius 3 is 2.83 bits per heavy atom. The van der Waals surface area contributed by atoms with Gasteiger partial charge >= 0.3 is 0 Å². The second-order valence-corrected chi connectivity index (χ2v) is 4.57. The van der Waals surface area contributed by atoms with Crippen molar-refractivity contribution < 1.29 is 8.33 Å². The Bertz CT molecular complexity index is 378. The summed E-state index contributed by atoms with van der Waals surface area (Å²) >= 11 is 0. The van der Waals surface area contributed by atoms with E-state index >= 15 is 0 Å². The summed E-state index contributed by atoms with van der Waals surface area (Å²) in [6.45, 7) is 6.89. The summed E-state index contributed by atoms with van der Waals surface area (Å²) in [5.74, 6) is 2.05. The summed E-state index contributed by atoms with van der Waals surface area (Å²) in [6, 6.07) is 0. The average Bonchev–Trinajstić information content (AvgIpc) is 2.36. The summed E-state index contributed by atoms with van der Waals surface area (Å²) in [4.78, 5) is 11.0. The molecule has 1 fully saturated rings. The Labute approximate surface area is 111 Å². The summed E-state index contributed by atoms with van der Waals surface area (Å²) in [7, 11) is 1.82. The Hall–Kier alpha value is -1.40. The van der Waals surface area contributed by atoms with Gasteiger partial charge in [-0.25, -0.2) is 0 Å². The van der Waals surface area contributed by atoms with E-state index in [0.717, 1.165) is 44.1 Å². The Balaban J connectivity index is 0. The molecule has 2 aliphatic rings. The topological polar surface area (TPSA) is 97.5 Å². The van der Waals surface area contributed by atoms with Crippen LogP contribution in [0.4, 0.5) is 0 Å². The van der Waals surface area contributed by atoms with Gasteiger partial charge in [-0.2, -0.15) is 0 Å². The molecule has 0 bridgehead atoms. The van der Waals surface area contributed by atoms with E-state index in [1.165, 1.54) is 0 Å². The quantitative estimate of drug-likeness (QED) is 0.490. The number of dihydropyridines is 1. The zero-order chi connectivity index (χ0) is 12.3. The molecule has 0 amide bonds. The lowest BCUT2D eigenvalue weighted by Gasteiger charge is -2.32. The van der Waals surface area contributed by atoms with Gasteiger partial charge in [-0.15, -0.1) is 0 Å². The Kier molecular flexibility index (Phi) is 5.30. The van der Waals surface area contributed by atoms with Crippen molar-refractivity contribution in [3.63, 3.8) is 0 Å². The van der Waals surface area contributed by atoms with Crippen LogP contribution in [0.5, 0.6) is 0 Å². The number of nitrogens with zero attached hydrogens (tertiary/aromatic N) is 3. The summed E-state index contributed by atoms with van der Waals surface area (Å²) in [6.07, 6.45) is 2.19. The van der Waals surface area contributed by atoms with E-state index < -0.39 is 0 Å². The van der Waals surface area contributed by atoms with Gasteiger partial charge in [0.25, 0.3) is 0 Å². The molecule has 0 aromatic rings. The third kappa shape index (κ3) is 3.08. The van der Waals surface area contributed by atoms with E-state index in [-0.39, 0.29) is 8.33 Å². The Morgan fingerprint density at radius 2 is 2.22 bits per heavy atom. The second kappa shape index (κ2) is 6.51. The van der Waals surface area contributed by atoms with Crippen molar-refractivity contribution in [3.8, 4) is 0 Å². The van der Waals surface area contributed by atoms with E-state index in [0.29, 0.717) is 11.8 Å². The van der Waals surface area contributed by atoms with Gasteiger partial charge < -0.3 is 21.4 Å². The number of piperazine rings is 1. The molecule has 6 nitrogen and oxygen atoms in total. The summed E-state index contributed by atoms with van der Waals surface area (Å²) in [5.41, 5.74) is 6.99. The van der Waals surface area contributed by atoms with Crippen LogP contribution in [0.25, 0.3) is 0 Å². The number of aliphatic imine (C=N–C) groups is 2. The first-order valence-electron chi connectivity index (χ1n) is 6.17. The Morgan fingerprint density at radius 1 is 1.56 bits per heavy atom. The lowest BCUT2D eigenvalue weighted by atomic mass is 10.0. The van der Waals surface area contributed by atoms with Crippen molar-refractivity contribution in [2.45, 2.75) is 6.92 Å². The van der Waals surface area contributed by atoms with Gasteiger partial charge in [0.15, 0.2) is 0 Å². The van der Waals surface area contributed by atoms with Gasteiger partial charge in [-0.05, 0) is 5.92 Å². The smallest absolute Gasteiger partial charge is 0.134 e. The van der Waals surface area contributed by atoms with Crippen molar-refractivity contribution in [1.82, 2.24) is 10.2 Å². The maximum absolute atomic E-state index is 5.98. The van der Waals surface area contributed by atoms with Crippen molar-refractivity contribution in [2.75, 3.05) is 39.8 Å². The van der Waals surface area contributed by atoms with Gasteiger partial charge in [0, 0.05) is 42.6 Å². The first-order chi connectivity index (χ1) is 8.22. The van der Waals surface area contributed by atoms with Crippen LogP contribution in [-0.4, -0.2) is 61.8 Å².